The Hall–Kier alpha value is -2.38. The molecule has 0 heterocycles. The molecule has 0 saturated heterocycles. The first-order valence-corrected chi connectivity index (χ1v) is 10.0. The van der Waals surface area contributed by atoms with Crippen LogP contribution < -0.4 is 4.74 Å². The number of hydrogen-bond acceptors (Lipinski definition) is 5. The van der Waals surface area contributed by atoms with Gasteiger partial charge >= 0.3 is 5.97 Å². The minimum absolute atomic E-state index is 0.140. The Balaban J connectivity index is 2.34. The Bertz CT molecular complexity index is 860. The first-order valence-electron chi connectivity index (χ1n) is 8.53. The van der Waals surface area contributed by atoms with Crippen molar-refractivity contribution in [2.24, 2.45) is 0 Å². The van der Waals surface area contributed by atoms with Crippen LogP contribution in [-0.2, 0) is 32.6 Å². The fourth-order valence-corrected chi connectivity index (χ4v) is 4.02. The quantitative estimate of drug-likeness (QED) is 0.647. The predicted octanol–water partition coefficient (Wildman–Crippen LogP) is 2.90. The van der Waals surface area contributed by atoms with Crippen LogP contribution in [0.25, 0.3) is 0 Å². The molecule has 27 heavy (non-hydrogen) atoms. The lowest BCUT2D eigenvalue weighted by Crippen LogP contribution is -2.41. The van der Waals surface area contributed by atoms with Gasteiger partial charge in [0, 0.05) is 13.1 Å². The van der Waals surface area contributed by atoms with Crippen LogP contribution in [0.4, 0.5) is 0 Å². The molecule has 0 unspecified atom stereocenters. The molecule has 146 valence electrons. The molecular formula is C20H25NO5S. The van der Waals surface area contributed by atoms with Crippen LogP contribution in [0.3, 0.4) is 0 Å². The van der Waals surface area contributed by atoms with Crippen LogP contribution in [-0.4, -0.2) is 38.2 Å². The molecule has 6 nitrogen and oxygen atoms in total. The highest BCUT2D eigenvalue weighted by atomic mass is 32.2. The highest BCUT2D eigenvalue weighted by Crippen LogP contribution is 2.20. The van der Waals surface area contributed by atoms with Gasteiger partial charge in [-0.15, -0.1) is 0 Å². The van der Waals surface area contributed by atoms with Gasteiger partial charge in [-0.05, 0) is 37.1 Å². The standard InChI is InChI=1S/C20H25NO5S/c1-15-5-7-17(8-6-15)13-21(27(23,24)16(2)20(22)26-4)14-18-9-11-19(25-3)12-10-18/h5-12,16H,13-14H2,1-4H3/t16-/m1/s1. The van der Waals surface area contributed by atoms with E-state index in [0.717, 1.165) is 16.7 Å². The average Bonchev–Trinajstić information content (AvgIpc) is 2.68. The van der Waals surface area contributed by atoms with Gasteiger partial charge in [0.15, 0.2) is 5.25 Å². The number of aryl methyl sites for hydroxylation is 1. The molecule has 0 saturated carbocycles. The molecule has 0 aliphatic carbocycles. The van der Waals surface area contributed by atoms with Crippen molar-refractivity contribution in [1.82, 2.24) is 4.31 Å². The number of sulfonamides is 1. The second kappa shape index (κ2) is 9.01. The van der Waals surface area contributed by atoms with Gasteiger partial charge in [0.2, 0.25) is 10.0 Å². The lowest BCUT2D eigenvalue weighted by molar-refractivity contribution is -0.139. The van der Waals surface area contributed by atoms with E-state index in [0.29, 0.717) is 5.75 Å². The van der Waals surface area contributed by atoms with E-state index >= 15 is 0 Å². The third kappa shape index (κ3) is 5.30. The molecule has 0 N–H and O–H groups in total. The van der Waals surface area contributed by atoms with Gasteiger partial charge < -0.3 is 9.47 Å². The van der Waals surface area contributed by atoms with Gasteiger partial charge in [-0.1, -0.05) is 42.0 Å². The van der Waals surface area contributed by atoms with E-state index in [9.17, 15) is 13.2 Å². The first kappa shape index (κ1) is 20.9. The van der Waals surface area contributed by atoms with E-state index in [1.165, 1.54) is 18.3 Å². The smallest absolute Gasteiger partial charge is 0.325 e. The Kier molecular flexibility index (Phi) is 6.98. The molecule has 0 radical (unpaired) electrons. The van der Waals surface area contributed by atoms with E-state index < -0.39 is 21.2 Å². The summed E-state index contributed by atoms with van der Waals surface area (Å²) in [6.07, 6.45) is 0. The number of esters is 1. The second-order valence-corrected chi connectivity index (χ2v) is 8.57. The van der Waals surface area contributed by atoms with Gasteiger partial charge in [-0.25, -0.2) is 8.42 Å². The number of methoxy groups -OCH3 is 2. The second-order valence-electron chi connectivity index (χ2n) is 6.31. The van der Waals surface area contributed by atoms with E-state index in [1.807, 2.05) is 31.2 Å². The topological polar surface area (TPSA) is 72.9 Å². The molecule has 7 heteroatoms. The molecular weight excluding hydrogens is 366 g/mol. The van der Waals surface area contributed by atoms with Crippen LogP contribution in [0.2, 0.25) is 0 Å². The zero-order valence-electron chi connectivity index (χ0n) is 16.0. The lowest BCUT2D eigenvalue weighted by atomic mass is 10.1. The summed E-state index contributed by atoms with van der Waals surface area (Å²) in [5, 5.41) is -1.29. The molecule has 0 aromatic heterocycles. The van der Waals surface area contributed by atoms with Gasteiger partial charge in [0.05, 0.1) is 14.2 Å². The van der Waals surface area contributed by atoms with E-state index in [1.54, 1.807) is 31.4 Å². The zero-order chi connectivity index (χ0) is 20.0. The molecule has 1 atom stereocenters. The van der Waals surface area contributed by atoms with Crippen molar-refractivity contribution in [3.63, 3.8) is 0 Å². The number of carbonyl (C=O) groups is 1. The molecule has 2 rings (SSSR count). The first-order chi connectivity index (χ1) is 12.8. The average molecular weight is 391 g/mol. The van der Waals surface area contributed by atoms with Crippen molar-refractivity contribution in [3.05, 3.63) is 65.2 Å². The van der Waals surface area contributed by atoms with Crippen molar-refractivity contribution in [2.45, 2.75) is 32.2 Å². The van der Waals surface area contributed by atoms with Crippen LogP contribution >= 0.6 is 0 Å². The van der Waals surface area contributed by atoms with Crippen molar-refractivity contribution in [1.29, 1.82) is 0 Å². The molecule has 0 aliphatic rings. The van der Waals surface area contributed by atoms with E-state index in [2.05, 4.69) is 4.74 Å². The Morgan fingerprint density at radius 3 is 1.89 bits per heavy atom. The summed E-state index contributed by atoms with van der Waals surface area (Å²) in [6, 6.07) is 14.8. The molecule has 0 amide bonds. The van der Waals surface area contributed by atoms with Crippen molar-refractivity contribution in [2.75, 3.05) is 14.2 Å². The molecule has 0 bridgehead atoms. The van der Waals surface area contributed by atoms with Crippen LogP contribution in [0.15, 0.2) is 48.5 Å². The highest BCUT2D eigenvalue weighted by Gasteiger charge is 2.34. The van der Waals surface area contributed by atoms with Crippen LogP contribution in [0.5, 0.6) is 5.75 Å². The number of benzene rings is 2. The number of ether oxygens (including phenoxy) is 2. The van der Waals surface area contributed by atoms with E-state index in [4.69, 9.17) is 4.74 Å². The molecule has 2 aromatic carbocycles. The van der Waals surface area contributed by atoms with Crippen LogP contribution in [0.1, 0.15) is 23.6 Å². The van der Waals surface area contributed by atoms with Crippen molar-refractivity contribution in [3.8, 4) is 5.75 Å². The number of hydrogen-bond donors (Lipinski definition) is 0. The van der Waals surface area contributed by atoms with Crippen LogP contribution in [0, 0.1) is 6.92 Å². The maximum absolute atomic E-state index is 13.0. The highest BCUT2D eigenvalue weighted by molar-refractivity contribution is 7.90. The molecule has 0 fully saturated rings. The summed E-state index contributed by atoms with van der Waals surface area (Å²) in [5.74, 6) is -0.0896. The van der Waals surface area contributed by atoms with Gasteiger partial charge in [-0.2, -0.15) is 4.31 Å². The zero-order valence-corrected chi connectivity index (χ0v) is 16.8. The summed E-state index contributed by atoms with van der Waals surface area (Å²) in [4.78, 5) is 11.9. The minimum Gasteiger partial charge on any atom is -0.497 e. The van der Waals surface area contributed by atoms with Crippen molar-refractivity contribution >= 4 is 16.0 Å². The Labute approximate surface area is 160 Å². The summed E-state index contributed by atoms with van der Waals surface area (Å²) in [5.41, 5.74) is 2.73. The summed E-state index contributed by atoms with van der Waals surface area (Å²) in [7, 11) is -1.15. The fraction of sp³-hybridized carbons (Fsp3) is 0.350. The van der Waals surface area contributed by atoms with Gasteiger partial charge in [0.1, 0.15) is 5.75 Å². The molecule has 2 aromatic rings. The van der Waals surface area contributed by atoms with Gasteiger partial charge in [-0.3, -0.25) is 4.79 Å². The third-order valence-electron chi connectivity index (χ3n) is 4.34. The monoisotopic (exact) mass is 391 g/mol. The largest absolute Gasteiger partial charge is 0.497 e. The predicted molar refractivity (Wildman–Crippen MR) is 104 cm³/mol. The summed E-state index contributed by atoms with van der Waals surface area (Å²) >= 11 is 0. The summed E-state index contributed by atoms with van der Waals surface area (Å²) < 4.78 is 37.1. The number of carbonyl (C=O) groups excluding carboxylic acids is 1. The lowest BCUT2D eigenvalue weighted by Gasteiger charge is -2.25. The normalized spacial score (nSPS) is 12.6. The van der Waals surface area contributed by atoms with Crippen molar-refractivity contribution < 1.29 is 22.7 Å². The molecule has 0 spiro atoms. The third-order valence-corrected chi connectivity index (χ3v) is 6.40. The van der Waals surface area contributed by atoms with Gasteiger partial charge in [0.25, 0.3) is 0 Å². The Morgan fingerprint density at radius 2 is 1.44 bits per heavy atom. The fourth-order valence-electron chi connectivity index (χ4n) is 2.58. The number of nitrogens with zero attached hydrogens (tertiary/aromatic N) is 1. The van der Waals surface area contributed by atoms with E-state index in [-0.39, 0.29) is 13.1 Å². The minimum atomic E-state index is -3.91. The Morgan fingerprint density at radius 1 is 0.963 bits per heavy atom. The maximum Gasteiger partial charge on any atom is 0.325 e. The number of rotatable bonds is 8. The SMILES string of the molecule is COC(=O)[C@@H](C)S(=O)(=O)N(Cc1ccc(C)cc1)Cc1ccc(OC)cc1. The summed E-state index contributed by atoms with van der Waals surface area (Å²) in [6.45, 7) is 3.61. The molecule has 0 aliphatic heterocycles. The maximum atomic E-state index is 13.0.